The van der Waals surface area contributed by atoms with Gasteiger partial charge in [-0.3, -0.25) is 4.79 Å². The van der Waals surface area contributed by atoms with Gasteiger partial charge in [0.1, 0.15) is 0 Å². The third kappa shape index (κ3) is 73.6. The molecule has 0 amide bonds. The first-order valence-corrected chi connectivity index (χ1v) is 0.781. The van der Waals surface area contributed by atoms with Gasteiger partial charge < -0.3 is 5.11 Å². The molecule has 27 valence electrons. The molecule has 0 rings (SSSR count). The minimum absolute atomic E-state index is 0. The zero-order valence-corrected chi connectivity index (χ0v) is 2.06. The van der Waals surface area contributed by atoms with Gasteiger partial charge in [0.2, 0.25) is 0 Å². The molecule has 0 saturated heterocycles. The van der Waals surface area contributed by atoms with Crippen molar-refractivity contribution in [3.8, 4) is 0 Å². The molecule has 1 radical (unpaired) electrons. The monoisotopic (exact) mass is 91.0 g/mol. The number of aliphatic carboxylic acids is 1. The van der Waals surface area contributed by atoms with Crippen LogP contribution in [0.1, 0.15) is 0 Å². The zero-order valence-electron chi connectivity index (χ0n) is 2.06. The van der Waals surface area contributed by atoms with Crippen molar-refractivity contribution in [2.24, 2.45) is 0 Å². The van der Waals surface area contributed by atoms with Crippen LogP contribution in [-0.4, -0.2) is 59.5 Å². The molecular formula is C2H5LiNaO2. The quantitative estimate of drug-likeness (QED) is 0.372. The molecule has 0 unspecified atom stereocenters. The second-order valence-electron chi connectivity index (χ2n) is 0.394. The van der Waals surface area contributed by atoms with E-state index in [1.54, 1.807) is 0 Å². The summed E-state index contributed by atoms with van der Waals surface area (Å²) in [5.41, 5.74) is 0. The van der Waals surface area contributed by atoms with E-state index in [0.29, 0.717) is 0 Å². The summed E-state index contributed by atoms with van der Waals surface area (Å²) in [6.07, 6.45) is 0. The third-order valence-electron chi connectivity index (χ3n) is 0. The number of carboxylic acids is 1. The Morgan fingerprint density at radius 2 is 1.67 bits per heavy atom. The SMILES string of the molecule is [CH2]C(=O)O.[LiH].[NaH]. The van der Waals surface area contributed by atoms with Gasteiger partial charge in [0.15, 0.2) is 0 Å². The van der Waals surface area contributed by atoms with Gasteiger partial charge in [-0.15, -0.1) is 0 Å². The van der Waals surface area contributed by atoms with E-state index < -0.39 is 5.97 Å². The van der Waals surface area contributed by atoms with E-state index >= 15 is 0 Å². The maximum atomic E-state index is 8.89. The molecule has 4 heteroatoms. The molecule has 0 spiro atoms. The first kappa shape index (κ1) is 15.7. The van der Waals surface area contributed by atoms with Gasteiger partial charge in [0.05, 0.1) is 6.92 Å². The molecule has 0 aromatic carbocycles. The molecule has 0 aliphatic heterocycles. The average molecular weight is 91.0 g/mol. The number of carboxylic acid groups (broad SMARTS) is 1. The van der Waals surface area contributed by atoms with E-state index in [0.717, 1.165) is 0 Å². The summed E-state index contributed by atoms with van der Waals surface area (Å²) < 4.78 is 0. The van der Waals surface area contributed by atoms with Crippen molar-refractivity contribution in [3.63, 3.8) is 0 Å². The predicted molar refractivity (Wildman–Crippen MR) is 27.3 cm³/mol. The third-order valence-corrected chi connectivity index (χ3v) is 0. The van der Waals surface area contributed by atoms with Crippen LogP contribution in [0.15, 0.2) is 0 Å². The van der Waals surface area contributed by atoms with Crippen molar-refractivity contribution in [1.82, 2.24) is 0 Å². The van der Waals surface area contributed by atoms with Crippen LogP contribution < -0.4 is 0 Å². The fourth-order valence-corrected chi connectivity index (χ4v) is 0. The van der Waals surface area contributed by atoms with Crippen LogP contribution >= 0.6 is 0 Å². The Morgan fingerprint density at radius 1 is 1.67 bits per heavy atom. The molecule has 0 aromatic heterocycles. The van der Waals surface area contributed by atoms with Crippen molar-refractivity contribution in [3.05, 3.63) is 6.92 Å². The Bertz CT molecular complexity index is 34.5. The Balaban J connectivity index is -0.0000000450. The van der Waals surface area contributed by atoms with E-state index in [9.17, 15) is 0 Å². The van der Waals surface area contributed by atoms with Crippen LogP contribution in [0.3, 0.4) is 0 Å². The van der Waals surface area contributed by atoms with Crippen LogP contribution in [0.25, 0.3) is 0 Å². The van der Waals surface area contributed by atoms with Crippen LogP contribution in [0.5, 0.6) is 0 Å². The Kier molecular flexibility index (Phi) is 24.7. The van der Waals surface area contributed by atoms with Crippen LogP contribution in [0, 0.1) is 6.92 Å². The second-order valence-corrected chi connectivity index (χ2v) is 0.394. The van der Waals surface area contributed by atoms with Crippen molar-refractivity contribution in [2.45, 2.75) is 0 Å². The Morgan fingerprint density at radius 3 is 1.67 bits per heavy atom. The maximum absolute atomic E-state index is 8.89. The van der Waals surface area contributed by atoms with E-state index in [1.807, 2.05) is 0 Å². The number of carbonyl (C=O) groups is 1. The van der Waals surface area contributed by atoms with Crippen LogP contribution in [-0.2, 0) is 4.79 Å². The molecule has 0 saturated carbocycles. The Hall–Kier alpha value is 1.07. The number of hydrogen-bond donors (Lipinski definition) is 1. The summed E-state index contributed by atoms with van der Waals surface area (Å²) in [4.78, 5) is 8.89. The van der Waals surface area contributed by atoms with E-state index in [2.05, 4.69) is 6.92 Å². The summed E-state index contributed by atoms with van der Waals surface area (Å²) in [5, 5.41) is 7.31. The molecular weight excluding hydrogens is 86.0 g/mol. The number of rotatable bonds is 0. The summed E-state index contributed by atoms with van der Waals surface area (Å²) in [7, 11) is 0. The molecule has 0 aliphatic rings. The van der Waals surface area contributed by atoms with E-state index in [-0.39, 0.29) is 48.4 Å². The van der Waals surface area contributed by atoms with Gasteiger partial charge >= 0.3 is 54.4 Å². The zero-order chi connectivity index (χ0) is 3.58. The van der Waals surface area contributed by atoms with E-state index in [4.69, 9.17) is 9.90 Å². The molecule has 1 N–H and O–H groups in total. The summed E-state index contributed by atoms with van der Waals surface area (Å²) >= 11 is 0. The topological polar surface area (TPSA) is 37.3 Å². The fraction of sp³-hybridized carbons (Fsp3) is 0. The molecule has 0 aliphatic carbocycles. The summed E-state index contributed by atoms with van der Waals surface area (Å²) in [6, 6.07) is 0. The first-order valence-electron chi connectivity index (χ1n) is 0.781. The van der Waals surface area contributed by atoms with Crippen molar-refractivity contribution < 1.29 is 9.90 Å². The summed E-state index contributed by atoms with van der Waals surface area (Å²) in [6.45, 7) is 2.56. The molecule has 0 atom stereocenters. The van der Waals surface area contributed by atoms with Crippen LogP contribution in [0.4, 0.5) is 0 Å². The van der Waals surface area contributed by atoms with E-state index in [1.165, 1.54) is 0 Å². The van der Waals surface area contributed by atoms with Gasteiger partial charge in [-0.2, -0.15) is 0 Å². The van der Waals surface area contributed by atoms with Crippen molar-refractivity contribution >= 4 is 54.4 Å². The second kappa shape index (κ2) is 9.42. The Labute approximate surface area is 70.8 Å². The standard InChI is InChI=1S/C2H3O2.Li.Na.2H/c1-2(3)4;;;;/h1H2,(H,3,4);;;;. The fourth-order valence-electron chi connectivity index (χ4n) is 0. The molecule has 0 aromatic rings. The molecule has 0 fully saturated rings. The molecule has 0 heterocycles. The van der Waals surface area contributed by atoms with Gasteiger partial charge in [-0.1, -0.05) is 0 Å². The number of hydrogen-bond acceptors (Lipinski definition) is 1. The molecule has 2 nitrogen and oxygen atoms in total. The average Bonchev–Trinajstić information content (AvgIpc) is 0.811. The van der Waals surface area contributed by atoms with Gasteiger partial charge in [0.25, 0.3) is 0 Å². The molecule has 6 heavy (non-hydrogen) atoms. The van der Waals surface area contributed by atoms with Crippen molar-refractivity contribution in [1.29, 1.82) is 0 Å². The van der Waals surface area contributed by atoms with Gasteiger partial charge in [-0.05, 0) is 0 Å². The van der Waals surface area contributed by atoms with Gasteiger partial charge in [-0.25, -0.2) is 0 Å². The summed E-state index contributed by atoms with van der Waals surface area (Å²) in [5.74, 6) is -1.08. The normalized spacial score (nSPS) is 4.17. The first-order chi connectivity index (χ1) is 1.73. The van der Waals surface area contributed by atoms with Gasteiger partial charge in [0, 0.05) is 0 Å². The predicted octanol–water partition coefficient (Wildman–Crippen LogP) is -1.39. The van der Waals surface area contributed by atoms with Crippen LogP contribution in [0.2, 0.25) is 0 Å². The minimum atomic E-state index is -1.08. The molecule has 0 bridgehead atoms. The van der Waals surface area contributed by atoms with Crippen molar-refractivity contribution in [2.75, 3.05) is 0 Å².